The number of para-hydroxylation sites is 1. The second kappa shape index (κ2) is 4.93. The molecule has 0 aliphatic rings. The Labute approximate surface area is 123 Å². The Morgan fingerprint density at radius 1 is 1.10 bits per heavy atom. The molecule has 7 heteroatoms. The number of nitrogens with one attached hydrogen (secondary N) is 1. The molecule has 3 aromatic rings. The Morgan fingerprint density at radius 3 is 2.75 bits per heavy atom. The standard InChI is InChI=1S/C13H11BrN6/c14-8-4-7-2-1-3-9(12(7)17-6-8)18-11-5-10(15)19-13(16)20-11/h1-6H,(H5,15,16,18,19,20). The fourth-order valence-electron chi connectivity index (χ4n) is 1.92. The van der Waals surface area contributed by atoms with E-state index in [1.807, 2.05) is 24.3 Å². The van der Waals surface area contributed by atoms with Crippen LogP contribution in [0, 0.1) is 0 Å². The van der Waals surface area contributed by atoms with E-state index in [1.54, 1.807) is 12.3 Å². The number of nitrogens with two attached hydrogens (primary N) is 2. The van der Waals surface area contributed by atoms with Crippen molar-refractivity contribution in [2.45, 2.75) is 0 Å². The van der Waals surface area contributed by atoms with E-state index in [0.717, 1.165) is 21.1 Å². The fourth-order valence-corrected chi connectivity index (χ4v) is 2.27. The third kappa shape index (κ3) is 2.48. The van der Waals surface area contributed by atoms with Gasteiger partial charge in [0.05, 0.1) is 11.2 Å². The van der Waals surface area contributed by atoms with Crippen molar-refractivity contribution in [2.24, 2.45) is 0 Å². The smallest absolute Gasteiger partial charge is 0.223 e. The van der Waals surface area contributed by atoms with Crippen molar-refractivity contribution < 1.29 is 0 Å². The van der Waals surface area contributed by atoms with Crippen LogP contribution in [0.2, 0.25) is 0 Å². The number of halogens is 1. The average Bonchev–Trinajstić information content (AvgIpc) is 2.37. The summed E-state index contributed by atoms with van der Waals surface area (Å²) in [6, 6.07) is 9.45. The van der Waals surface area contributed by atoms with Gasteiger partial charge in [-0.15, -0.1) is 0 Å². The van der Waals surface area contributed by atoms with Crippen LogP contribution in [0.3, 0.4) is 0 Å². The molecule has 0 radical (unpaired) electrons. The number of hydrogen-bond donors (Lipinski definition) is 3. The van der Waals surface area contributed by atoms with Gasteiger partial charge in [0.25, 0.3) is 0 Å². The van der Waals surface area contributed by atoms with Crippen molar-refractivity contribution in [3.8, 4) is 0 Å². The van der Waals surface area contributed by atoms with Gasteiger partial charge in [0.1, 0.15) is 11.6 Å². The molecule has 1 aromatic carbocycles. The van der Waals surface area contributed by atoms with E-state index in [9.17, 15) is 0 Å². The molecule has 0 saturated carbocycles. The zero-order chi connectivity index (χ0) is 14.1. The van der Waals surface area contributed by atoms with Gasteiger partial charge >= 0.3 is 0 Å². The molecule has 20 heavy (non-hydrogen) atoms. The number of pyridine rings is 1. The van der Waals surface area contributed by atoms with E-state index in [-0.39, 0.29) is 5.95 Å². The van der Waals surface area contributed by atoms with Crippen molar-refractivity contribution >= 4 is 50.1 Å². The van der Waals surface area contributed by atoms with Gasteiger partial charge < -0.3 is 16.8 Å². The Bertz CT molecular complexity index is 769. The largest absolute Gasteiger partial charge is 0.383 e. The minimum Gasteiger partial charge on any atom is -0.383 e. The van der Waals surface area contributed by atoms with Crippen LogP contribution < -0.4 is 16.8 Å². The molecule has 6 nitrogen and oxygen atoms in total. The van der Waals surface area contributed by atoms with Crippen LogP contribution in [0.4, 0.5) is 23.3 Å². The predicted octanol–water partition coefficient (Wildman–Crippen LogP) is 2.70. The number of anilines is 4. The highest BCUT2D eigenvalue weighted by molar-refractivity contribution is 9.10. The van der Waals surface area contributed by atoms with Crippen LogP contribution in [0.5, 0.6) is 0 Å². The second-order valence-electron chi connectivity index (χ2n) is 4.19. The number of hydrogen-bond acceptors (Lipinski definition) is 6. The molecule has 0 amide bonds. The summed E-state index contributed by atoms with van der Waals surface area (Å²) in [4.78, 5) is 12.3. The number of benzene rings is 1. The number of nitrogens with zero attached hydrogens (tertiary/aromatic N) is 3. The molecule has 0 fully saturated rings. The molecule has 0 atom stereocenters. The third-order valence-electron chi connectivity index (χ3n) is 2.70. The van der Waals surface area contributed by atoms with Gasteiger partial charge in [-0.2, -0.15) is 9.97 Å². The maximum Gasteiger partial charge on any atom is 0.223 e. The molecule has 0 aliphatic heterocycles. The molecule has 5 N–H and O–H groups in total. The zero-order valence-corrected chi connectivity index (χ0v) is 11.9. The van der Waals surface area contributed by atoms with Crippen molar-refractivity contribution in [2.75, 3.05) is 16.8 Å². The lowest BCUT2D eigenvalue weighted by Gasteiger charge is -2.09. The van der Waals surface area contributed by atoms with Gasteiger partial charge in [0, 0.05) is 22.1 Å². The Balaban J connectivity index is 2.06. The number of fused-ring (bicyclic) bond motifs is 1. The minimum atomic E-state index is 0.128. The number of nitrogen functional groups attached to an aromatic ring is 2. The van der Waals surface area contributed by atoms with Crippen LogP contribution >= 0.6 is 15.9 Å². The molecule has 0 bridgehead atoms. The molecule has 0 saturated heterocycles. The van der Waals surface area contributed by atoms with E-state index in [2.05, 4.69) is 36.2 Å². The normalized spacial score (nSPS) is 10.7. The second-order valence-corrected chi connectivity index (χ2v) is 5.11. The summed E-state index contributed by atoms with van der Waals surface area (Å²) >= 11 is 3.41. The topological polar surface area (TPSA) is 103 Å². The molecule has 0 spiro atoms. The van der Waals surface area contributed by atoms with Crippen LogP contribution in [0.25, 0.3) is 10.9 Å². The lowest BCUT2D eigenvalue weighted by Crippen LogP contribution is -2.03. The molecule has 0 unspecified atom stereocenters. The minimum absolute atomic E-state index is 0.128. The number of aromatic nitrogens is 3. The van der Waals surface area contributed by atoms with Gasteiger partial charge in [-0.3, -0.25) is 4.98 Å². The van der Waals surface area contributed by atoms with Crippen molar-refractivity contribution in [3.05, 3.63) is 41.0 Å². The average molecular weight is 331 g/mol. The molecule has 0 aliphatic carbocycles. The first-order valence-corrected chi connectivity index (χ1v) is 6.62. The van der Waals surface area contributed by atoms with Crippen LogP contribution in [0.15, 0.2) is 41.0 Å². The fraction of sp³-hybridized carbons (Fsp3) is 0. The van der Waals surface area contributed by atoms with Crippen LogP contribution in [-0.4, -0.2) is 15.0 Å². The van der Waals surface area contributed by atoms with E-state index < -0.39 is 0 Å². The monoisotopic (exact) mass is 330 g/mol. The third-order valence-corrected chi connectivity index (χ3v) is 3.14. The maximum atomic E-state index is 5.65. The summed E-state index contributed by atoms with van der Waals surface area (Å²) in [5.41, 5.74) is 12.9. The molecular weight excluding hydrogens is 320 g/mol. The quantitative estimate of drug-likeness (QED) is 0.667. The van der Waals surface area contributed by atoms with Gasteiger partial charge in [0.15, 0.2) is 0 Å². The lowest BCUT2D eigenvalue weighted by atomic mass is 10.2. The molecular formula is C13H11BrN6. The highest BCUT2D eigenvalue weighted by Gasteiger charge is 2.05. The van der Waals surface area contributed by atoms with E-state index in [0.29, 0.717) is 11.6 Å². The van der Waals surface area contributed by atoms with Crippen molar-refractivity contribution in [1.82, 2.24) is 15.0 Å². The van der Waals surface area contributed by atoms with E-state index >= 15 is 0 Å². The maximum absolute atomic E-state index is 5.65. The summed E-state index contributed by atoms with van der Waals surface area (Å²) in [5.74, 6) is 0.978. The first-order chi connectivity index (χ1) is 9.61. The Kier molecular flexibility index (Phi) is 3.11. The van der Waals surface area contributed by atoms with Crippen molar-refractivity contribution in [3.63, 3.8) is 0 Å². The van der Waals surface area contributed by atoms with E-state index in [4.69, 9.17) is 11.5 Å². The molecule has 2 aromatic heterocycles. The van der Waals surface area contributed by atoms with Crippen molar-refractivity contribution in [1.29, 1.82) is 0 Å². The van der Waals surface area contributed by atoms with Gasteiger partial charge in [0.2, 0.25) is 5.95 Å². The van der Waals surface area contributed by atoms with E-state index in [1.165, 1.54) is 0 Å². The SMILES string of the molecule is Nc1cc(Nc2cccc3cc(Br)cnc23)nc(N)n1. The Hall–Kier alpha value is -2.41. The first kappa shape index (κ1) is 12.6. The summed E-state index contributed by atoms with van der Waals surface area (Å²) in [6.45, 7) is 0. The predicted molar refractivity (Wildman–Crippen MR) is 83.6 cm³/mol. The highest BCUT2D eigenvalue weighted by Crippen LogP contribution is 2.26. The van der Waals surface area contributed by atoms with Crippen LogP contribution in [0.1, 0.15) is 0 Å². The van der Waals surface area contributed by atoms with Gasteiger partial charge in [-0.1, -0.05) is 12.1 Å². The summed E-state index contributed by atoms with van der Waals surface area (Å²) in [5, 5.41) is 4.17. The summed E-state index contributed by atoms with van der Waals surface area (Å²) < 4.78 is 0.928. The van der Waals surface area contributed by atoms with Gasteiger partial charge in [-0.25, -0.2) is 0 Å². The molecule has 2 heterocycles. The summed E-state index contributed by atoms with van der Waals surface area (Å²) in [7, 11) is 0. The van der Waals surface area contributed by atoms with Crippen LogP contribution in [-0.2, 0) is 0 Å². The first-order valence-electron chi connectivity index (χ1n) is 5.83. The lowest BCUT2D eigenvalue weighted by molar-refractivity contribution is 1.19. The molecule has 100 valence electrons. The summed E-state index contributed by atoms with van der Waals surface area (Å²) in [6.07, 6.45) is 1.75. The highest BCUT2D eigenvalue weighted by atomic mass is 79.9. The molecule has 3 rings (SSSR count). The zero-order valence-electron chi connectivity index (χ0n) is 10.3. The van der Waals surface area contributed by atoms with Gasteiger partial charge in [-0.05, 0) is 28.1 Å². The Morgan fingerprint density at radius 2 is 1.95 bits per heavy atom. The number of rotatable bonds is 2.